The van der Waals surface area contributed by atoms with Gasteiger partial charge in [-0.15, -0.1) is 0 Å². The van der Waals surface area contributed by atoms with Crippen molar-refractivity contribution in [3.05, 3.63) is 0 Å². The second kappa shape index (κ2) is 8.49. The average molecular weight is 299 g/mol. The van der Waals surface area contributed by atoms with Crippen LogP contribution in [0.2, 0.25) is 0 Å². The fourth-order valence-corrected chi connectivity index (χ4v) is 2.49. The Labute approximate surface area is 125 Å². The molecule has 7 heteroatoms. The summed E-state index contributed by atoms with van der Waals surface area (Å²) in [6, 6.07) is -1.26. The van der Waals surface area contributed by atoms with Crippen LogP contribution >= 0.6 is 0 Å². The van der Waals surface area contributed by atoms with E-state index in [9.17, 15) is 14.4 Å². The minimum atomic E-state index is -1.02. The van der Waals surface area contributed by atoms with E-state index in [0.717, 1.165) is 25.7 Å². The second-order valence-corrected chi connectivity index (χ2v) is 5.38. The summed E-state index contributed by atoms with van der Waals surface area (Å²) in [6.07, 6.45) is 3.55. The number of carboxylic acid groups (broad SMARTS) is 1. The Balaban J connectivity index is 2.56. The van der Waals surface area contributed by atoms with E-state index in [1.54, 1.807) is 7.05 Å². The number of hydrogen-bond acceptors (Lipinski definition) is 3. The molecule has 1 rings (SSSR count). The van der Waals surface area contributed by atoms with Crippen molar-refractivity contribution < 1.29 is 19.5 Å². The molecule has 3 N–H and O–H groups in total. The lowest BCUT2D eigenvalue weighted by atomic mass is 9.97. The Hall–Kier alpha value is -1.79. The van der Waals surface area contributed by atoms with E-state index in [1.807, 2.05) is 6.92 Å². The van der Waals surface area contributed by atoms with Crippen LogP contribution in [0.25, 0.3) is 0 Å². The zero-order valence-electron chi connectivity index (χ0n) is 12.7. The molecule has 21 heavy (non-hydrogen) atoms. The number of amides is 3. The Morgan fingerprint density at radius 2 is 2.10 bits per heavy atom. The molecular formula is C14H25N3O4. The summed E-state index contributed by atoms with van der Waals surface area (Å²) in [5.41, 5.74) is 0. The number of piperidine rings is 1. The van der Waals surface area contributed by atoms with Crippen molar-refractivity contribution in [2.75, 3.05) is 20.1 Å². The average Bonchev–Trinajstić information content (AvgIpc) is 2.50. The maximum absolute atomic E-state index is 12.2. The highest BCUT2D eigenvalue weighted by Crippen LogP contribution is 2.16. The van der Waals surface area contributed by atoms with Crippen molar-refractivity contribution in [1.82, 2.24) is 15.5 Å². The topological polar surface area (TPSA) is 98.7 Å². The Morgan fingerprint density at radius 3 is 2.67 bits per heavy atom. The van der Waals surface area contributed by atoms with Crippen LogP contribution in [0.1, 0.15) is 39.0 Å². The molecule has 1 aliphatic heterocycles. The van der Waals surface area contributed by atoms with Gasteiger partial charge in [0.2, 0.25) is 5.91 Å². The normalized spacial score (nSPS) is 19.7. The number of unbranched alkanes of at least 4 members (excludes halogenated alkanes) is 1. The molecule has 0 spiro atoms. The molecule has 0 aromatic heterocycles. The van der Waals surface area contributed by atoms with Crippen LogP contribution < -0.4 is 10.6 Å². The highest BCUT2D eigenvalue weighted by Gasteiger charge is 2.29. The van der Waals surface area contributed by atoms with Gasteiger partial charge in [-0.25, -0.2) is 9.59 Å². The largest absolute Gasteiger partial charge is 0.480 e. The van der Waals surface area contributed by atoms with Crippen LogP contribution in [0.4, 0.5) is 4.79 Å². The highest BCUT2D eigenvalue weighted by atomic mass is 16.4. The van der Waals surface area contributed by atoms with Gasteiger partial charge in [0.25, 0.3) is 0 Å². The number of rotatable bonds is 6. The van der Waals surface area contributed by atoms with E-state index in [2.05, 4.69) is 10.6 Å². The molecule has 2 atom stereocenters. The Morgan fingerprint density at radius 1 is 1.38 bits per heavy atom. The number of likely N-dealkylation sites (tertiary alicyclic amines) is 1. The van der Waals surface area contributed by atoms with E-state index in [4.69, 9.17) is 5.11 Å². The first-order valence-electron chi connectivity index (χ1n) is 7.49. The fraction of sp³-hybridized carbons (Fsp3) is 0.786. The third-order valence-electron chi connectivity index (χ3n) is 3.77. The lowest BCUT2D eigenvalue weighted by Gasteiger charge is -2.32. The fourth-order valence-electron chi connectivity index (χ4n) is 2.49. The van der Waals surface area contributed by atoms with Crippen LogP contribution in [0, 0.1) is 5.92 Å². The molecule has 2 unspecified atom stereocenters. The van der Waals surface area contributed by atoms with Crippen LogP contribution in [0.5, 0.6) is 0 Å². The Bertz CT molecular complexity index is 386. The van der Waals surface area contributed by atoms with E-state index >= 15 is 0 Å². The molecule has 0 saturated carbocycles. The zero-order valence-corrected chi connectivity index (χ0v) is 12.7. The summed E-state index contributed by atoms with van der Waals surface area (Å²) in [5.74, 6) is -1.31. The molecule has 0 bridgehead atoms. The number of urea groups is 1. The van der Waals surface area contributed by atoms with Crippen molar-refractivity contribution >= 4 is 17.9 Å². The molecule has 1 aliphatic rings. The van der Waals surface area contributed by atoms with Gasteiger partial charge in [0.15, 0.2) is 0 Å². The number of nitrogens with one attached hydrogen (secondary N) is 2. The molecule has 0 aliphatic carbocycles. The molecule has 7 nitrogen and oxygen atoms in total. The third kappa shape index (κ3) is 5.24. The van der Waals surface area contributed by atoms with Crippen molar-refractivity contribution in [2.45, 2.75) is 45.1 Å². The molecule has 1 heterocycles. The van der Waals surface area contributed by atoms with Crippen LogP contribution in [-0.2, 0) is 9.59 Å². The molecular weight excluding hydrogens is 274 g/mol. The van der Waals surface area contributed by atoms with Gasteiger partial charge >= 0.3 is 12.0 Å². The van der Waals surface area contributed by atoms with Crippen LogP contribution in [-0.4, -0.2) is 54.1 Å². The zero-order chi connectivity index (χ0) is 15.8. The van der Waals surface area contributed by atoms with E-state index < -0.39 is 18.0 Å². The molecule has 0 radical (unpaired) electrons. The van der Waals surface area contributed by atoms with Gasteiger partial charge in [0.05, 0.1) is 5.92 Å². The summed E-state index contributed by atoms with van der Waals surface area (Å²) >= 11 is 0. The standard InChI is InChI=1S/C14H25N3O4/c1-3-4-7-11(13(19)20)16-14(21)17-8-5-6-10(9-17)12(18)15-2/h10-11H,3-9H2,1-2H3,(H,15,18)(H,16,21)(H,19,20). The number of carbonyl (C=O) groups excluding carboxylic acids is 2. The van der Waals surface area contributed by atoms with Gasteiger partial charge in [-0.1, -0.05) is 19.8 Å². The van der Waals surface area contributed by atoms with Gasteiger partial charge in [0.1, 0.15) is 6.04 Å². The minimum Gasteiger partial charge on any atom is -0.480 e. The number of hydrogen-bond donors (Lipinski definition) is 3. The summed E-state index contributed by atoms with van der Waals surface area (Å²) in [4.78, 5) is 36.5. The number of carboxylic acids is 1. The van der Waals surface area contributed by atoms with Crippen LogP contribution in [0.15, 0.2) is 0 Å². The first-order chi connectivity index (χ1) is 9.99. The van der Waals surface area contributed by atoms with Crippen molar-refractivity contribution in [3.63, 3.8) is 0 Å². The summed E-state index contributed by atoms with van der Waals surface area (Å²) < 4.78 is 0. The van der Waals surface area contributed by atoms with Gasteiger partial charge in [-0.05, 0) is 19.3 Å². The summed E-state index contributed by atoms with van der Waals surface area (Å²) in [5, 5.41) is 14.3. The second-order valence-electron chi connectivity index (χ2n) is 5.38. The van der Waals surface area contributed by atoms with Crippen molar-refractivity contribution in [1.29, 1.82) is 0 Å². The molecule has 0 aromatic rings. The van der Waals surface area contributed by atoms with Crippen LogP contribution in [0.3, 0.4) is 0 Å². The maximum atomic E-state index is 12.2. The monoisotopic (exact) mass is 299 g/mol. The molecule has 1 fully saturated rings. The SMILES string of the molecule is CCCCC(NC(=O)N1CCCC(C(=O)NC)C1)C(=O)O. The third-order valence-corrected chi connectivity index (χ3v) is 3.77. The van der Waals surface area contributed by atoms with Gasteiger partial charge < -0.3 is 20.6 Å². The number of carbonyl (C=O) groups is 3. The Kier molecular flexibility index (Phi) is 6.98. The van der Waals surface area contributed by atoms with Gasteiger partial charge in [-0.2, -0.15) is 0 Å². The van der Waals surface area contributed by atoms with Gasteiger partial charge in [-0.3, -0.25) is 4.79 Å². The van der Waals surface area contributed by atoms with E-state index in [1.165, 1.54) is 4.90 Å². The molecule has 1 saturated heterocycles. The lowest BCUT2D eigenvalue weighted by Crippen LogP contribution is -2.52. The summed E-state index contributed by atoms with van der Waals surface area (Å²) in [7, 11) is 1.58. The number of aliphatic carboxylic acids is 1. The molecule has 3 amide bonds. The van der Waals surface area contributed by atoms with E-state index in [-0.39, 0.29) is 11.8 Å². The van der Waals surface area contributed by atoms with Gasteiger partial charge in [0, 0.05) is 20.1 Å². The van der Waals surface area contributed by atoms with Crippen molar-refractivity contribution in [2.24, 2.45) is 5.92 Å². The smallest absolute Gasteiger partial charge is 0.326 e. The van der Waals surface area contributed by atoms with Crippen molar-refractivity contribution in [3.8, 4) is 0 Å². The van der Waals surface area contributed by atoms with E-state index in [0.29, 0.717) is 19.5 Å². The first-order valence-corrected chi connectivity index (χ1v) is 7.49. The predicted molar refractivity (Wildman–Crippen MR) is 77.8 cm³/mol. The lowest BCUT2D eigenvalue weighted by molar-refractivity contribution is -0.139. The first kappa shape index (κ1) is 17.3. The minimum absolute atomic E-state index is 0.0757. The summed E-state index contributed by atoms with van der Waals surface area (Å²) in [6.45, 7) is 2.87. The molecule has 120 valence electrons. The molecule has 0 aromatic carbocycles. The highest BCUT2D eigenvalue weighted by molar-refractivity contribution is 5.84. The number of nitrogens with zero attached hydrogens (tertiary/aromatic N) is 1. The quantitative estimate of drug-likeness (QED) is 0.675. The predicted octanol–water partition coefficient (Wildman–Crippen LogP) is 0.797. The maximum Gasteiger partial charge on any atom is 0.326 e.